The van der Waals surface area contributed by atoms with Gasteiger partial charge in [-0.2, -0.15) is 4.98 Å². The number of anilines is 1. The minimum atomic E-state index is -0.372. The van der Waals surface area contributed by atoms with E-state index < -0.39 is 0 Å². The Morgan fingerprint density at radius 2 is 1.95 bits per heavy atom. The van der Waals surface area contributed by atoms with Crippen molar-refractivity contribution in [2.45, 2.75) is 0 Å². The molecule has 6 heteroatoms. The largest absolute Gasteiger partial charge is 0.506 e. The fourth-order valence-corrected chi connectivity index (χ4v) is 1.77. The Bertz CT molecular complexity index is 771. The summed E-state index contributed by atoms with van der Waals surface area (Å²) >= 11 is 0. The van der Waals surface area contributed by atoms with Crippen LogP contribution in [0.15, 0.2) is 47.0 Å². The number of phenolic OH excluding ortho intramolecular Hbond substituents is 1. The Morgan fingerprint density at radius 1 is 1.10 bits per heavy atom. The molecule has 0 spiro atoms. The molecule has 2 aromatic carbocycles. The van der Waals surface area contributed by atoms with Crippen LogP contribution in [0.3, 0.4) is 0 Å². The van der Waals surface area contributed by atoms with Crippen molar-refractivity contribution in [3.63, 3.8) is 0 Å². The second kappa shape index (κ2) is 4.65. The van der Waals surface area contributed by atoms with Gasteiger partial charge in [-0.15, -0.1) is 0 Å². The fourth-order valence-electron chi connectivity index (χ4n) is 1.77. The van der Waals surface area contributed by atoms with Crippen LogP contribution in [0.2, 0.25) is 0 Å². The van der Waals surface area contributed by atoms with Gasteiger partial charge in [0.1, 0.15) is 11.6 Å². The van der Waals surface area contributed by atoms with E-state index in [1.165, 1.54) is 24.3 Å². The van der Waals surface area contributed by atoms with Gasteiger partial charge in [0.2, 0.25) is 5.82 Å². The Morgan fingerprint density at radius 3 is 2.70 bits per heavy atom. The van der Waals surface area contributed by atoms with E-state index in [4.69, 9.17) is 10.3 Å². The summed E-state index contributed by atoms with van der Waals surface area (Å²) in [4.78, 5) is 4.18. The van der Waals surface area contributed by atoms with E-state index in [2.05, 4.69) is 10.1 Å². The van der Waals surface area contributed by atoms with Gasteiger partial charge in [-0.25, -0.2) is 4.39 Å². The number of aromatic hydroxyl groups is 1. The van der Waals surface area contributed by atoms with Crippen molar-refractivity contribution in [2.24, 2.45) is 0 Å². The van der Waals surface area contributed by atoms with E-state index >= 15 is 0 Å². The third-order valence-electron chi connectivity index (χ3n) is 2.78. The molecular formula is C14H10FN3O2. The van der Waals surface area contributed by atoms with Gasteiger partial charge in [-0.3, -0.25) is 0 Å². The van der Waals surface area contributed by atoms with Gasteiger partial charge in [-0.1, -0.05) is 17.3 Å². The van der Waals surface area contributed by atoms with E-state index in [1.54, 1.807) is 18.2 Å². The SMILES string of the molecule is Nc1cc(-c2nc(-c3cccc(F)c3)no2)ccc1O. The van der Waals surface area contributed by atoms with Gasteiger partial charge in [0.15, 0.2) is 0 Å². The molecule has 20 heavy (non-hydrogen) atoms. The van der Waals surface area contributed by atoms with Crippen molar-refractivity contribution in [2.75, 3.05) is 5.73 Å². The zero-order valence-corrected chi connectivity index (χ0v) is 10.2. The van der Waals surface area contributed by atoms with Crippen LogP contribution in [-0.4, -0.2) is 15.2 Å². The third kappa shape index (κ3) is 2.18. The number of benzene rings is 2. The average molecular weight is 271 g/mol. The van der Waals surface area contributed by atoms with E-state index in [0.717, 1.165) is 0 Å². The van der Waals surface area contributed by atoms with Crippen molar-refractivity contribution < 1.29 is 14.0 Å². The first-order valence-corrected chi connectivity index (χ1v) is 5.82. The Hall–Kier alpha value is -2.89. The normalized spacial score (nSPS) is 10.7. The Kier molecular flexibility index (Phi) is 2.83. The molecule has 3 N–H and O–H groups in total. The number of hydrogen-bond donors (Lipinski definition) is 2. The molecule has 0 saturated heterocycles. The van der Waals surface area contributed by atoms with Crippen molar-refractivity contribution in [1.82, 2.24) is 10.1 Å². The number of rotatable bonds is 2. The van der Waals surface area contributed by atoms with Crippen molar-refractivity contribution in [3.8, 4) is 28.6 Å². The molecule has 0 amide bonds. The number of halogens is 1. The molecule has 3 aromatic rings. The van der Waals surface area contributed by atoms with Crippen molar-refractivity contribution in [3.05, 3.63) is 48.3 Å². The molecule has 0 aliphatic rings. The Balaban J connectivity index is 1.99. The van der Waals surface area contributed by atoms with Crippen molar-refractivity contribution in [1.29, 1.82) is 0 Å². The standard InChI is InChI=1S/C14H10FN3O2/c15-10-3-1-2-8(6-10)13-17-14(20-18-13)9-4-5-12(19)11(16)7-9/h1-7,19H,16H2. The lowest BCUT2D eigenvalue weighted by molar-refractivity contribution is 0.432. The second-order valence-corrected chi connectivity index (χ2v) is 4.21. The molecule has 0 radical (unpaired) electrons. The van der Waals surface area contributed by atoms with Crippen LogP contribution in [0.1, 0.15) is 0 Å². The molecule has 5 nitrogen and oxygen atoms in total. The number of phenols is 1. The first-order chi connectivity index (χ1) is 9.63. The van der Waals surface area contributed by atoms with Gasteiger partial charge in [-0.05, 0) is 30.3 Å². The monoisotopic (exact) mass is 271 g/mol. The summed E-state index contributed by atoms with van der Waals surface area (Å²) < 4.78 is 18.3. The second-order valence-electron chi connectivity index (χ2n) is 4.21. The first-order valence-electron chi connectivity index (χ1n) is 5.82. The highest BCUT2D eigenvalue weighted by Crippen LogP contribution is 2.28. The summed E-state index contributed by atoms with van der Waals surface area (Å²) in [6.07, 6.45) is 0. The highest BCUT2D eigenvalue weighted by atomic mass is 19.1. The average Bonchev–Trinajstić information content (AvgIpc) is 2.92. The van der Waals surface area contributed by atoms with E-state index in [-0.39, 0.29) is 29.0 Å². The molecule has 0 aliphatic heterocycles. The highest BCUT2D eigenvalue weighted by Gasteiger charge is 2.12. The maximum Gasteiger partial charge on any atom is 0.258 e. The van der Waals surface area contributed by atoms with E-state index in [9.17, 15) is 9.50 Å². The molecule has 0 saturated carbocycles. The summed E-state index contributed by atoms with van der Waals surface area (Å²) in [5.74, 6) is 0.142. The molecule has 0 unspecified atom stereocenters. The van der Waals surface area contributed by atoms with E-state index in [1.807, 2.05) is 0 Å². The summed E-state index contributed by atoms with van der Waals surface area (Å²) in [6.45, 7) is 0. The Labute approximate surface area is 113 Å². The molecule has 0 bridgehead atoms. The van der Waals surface area contributed by atoms with Gasteiger partial charge < -0.3 is 15.4 Å². The smallest absolute Gasteiger partial charge is 0.258 e. The third-order valence-corrected chi connectivity index (χ3v) is 2.78. The summed E-state index contributed by atoms with van der Waals surface area (Å²) in [7, 11) is 0. The summed E-state index contributed by atoms with van der Waals surface area (Å²) in [6, 6.07) is 10.5. The molecule has 0 fully saturated rings. The number of nitrogen functional groups attached to an aromatic ring is 1. The van der Waals surface area contributed by atoms with Gasteiger partial charge in [0, 0.05) is 11.1 Å². The lowest BCUT2D eigenvalue weighted by Crippen LogP contribution is -1.87. The highest BCUT2D eigenvalue weighted by molar-refractivity contribution is 5.66. The minimum Gasteiger partial charge on any atom is -0.506 e. The molecule has 100 valence electrons. The summed E-state index contributed by atoms with van der Waals surface area (Å²) in [5, 5.41) is 13.2. The quantitative estimate of drug-likeness (QED) is 0.553. The molecule has 3 rings (SSSR count). The minimum absolute atomic E-state index is 0.0152. The van der Waals surface area contributed by atoms with Crippen LogP contribution in [0.4, 0.5) is 10.1 Å². The van der Waals surface area contributed by atoms with Crippen LogP contribution < -0.4 is 5.73 Å². The molecule has 0 atom stereocenters. The predicted molar refractivity (Wildman–Crippen MR) is 71.2 cm³/mol. The van der Waals surface area contributed by atoms with Crippen LogP contribution in [0.25, 0.3) is 22.8 Å². The topological polar surface area (TPSA) is 85.2 Å². The van der Waals surface area contributed by atoms with Crippen LogP contribution in [-0.2, 0) is 0 Å². The van der Waals surface area contributed by atoms with E-state index in [0.29, 0.717) is 11.1 Å². The number of nitrogens with zero attached hydrogens (tertiary/aromatic N) is 2. The lowest BCUT2D eigenvalue weighted by Gasteiger charge is -1.99. The van der Waals surface area contributed by atoms with Crippen LogP contribution in [0, 0.1) is 5.82 Å². The van der Waals surface area contributed by atoms with Crippen LogP contribution in [0.5, 0.6) is 5.75 Å². The van der Waals surface area contributed by atoms with Crippen LogP contribution >= 0.6 is 0 Å². The van der Waals surface area contributed by atoms with Gasteiger partial charge >= 0.3 is 0 Å². The molecule has 1 heterocycles. The fraction of sp³-hybridized carbons (Fsp3) is 0. The van der Waals surface area contributed by atoms with Gasteiger partial charge in [0.25, 0.3) is 5.89 Å². The molecule has 1 aromatic heterocycles. The maximum atomic E-state index is 13.1. The van der Waals surface area contributed by atoms with Gasteiger partial charge in [0.05, 0.1) is 5.69 Å². The van der Waals surface area contributed by atoms with Crippen molar-refractivity contribution >= 4 is 5.69 Å². The number of hydrogen-bond acceptors (Lipinski definition) is 5. The zero-order valence-electron chi connectivity index (χ0n) is 10.2. The number of aromatic nitrogens is 2. The maximum absolute atomic E-state index is 13.1. The zero-order chi connectivity index (χ0) is 14.1. The molecule has 0 aliphatic carbocycles. The molecular weight excluding hydrogens is 261 g/mol. The number of nitrogens with two attached hydrogens (primary N) is 1. The predicted octanol–water partition coefficient (Wildman–Crippen LogP) is 2.83. The summed E-state index contributed by atoms with van der Waals surface area (Å²) in [5.41, 5.74) is 6.92. The first kappa shape index (κ1) is 12.2. The lowest BCUT2D eigenvalue weighted by atomic mass is 10.2.